The fourth-order valence-electron chi connectivity index (χ4n) is 1.56. The summed E-state index contributed by atoms with van der Waals surface area (Å²) < 4.78 is 0. The minimum atomic E-state index is 0. The molecule has 1 aliphatic heterocycles. The number of hydrogen-bond acceptors (Lipinski definition) is 2. The fraction of sp³-hybridized carbons (Fsp3) is 0.875. The van der Waals surface area contributed by atoms with E-state index in [1.807, 2.05) is 11.9 Å². The lowest BCUT2D eigenvalue weighted by atomic mass is 10.1. The molecule has 5 heteroatoms. The number of amides is 2. The molecule has 0 aromatic rings. The second kappa shape index (κ2) is 6.05. The number of nitrogens with zero attached hydrogens (tertiary/aromatic N) is 1. The molecule has 0 saturated carbocycles. The van der Waals surface area contributed by atoms with Gasteiger partial charge in [0.15, 0.2) is 0 Å². The molecule has 1 saturated heterocycles. The Balaban J connectivity index is 0.00000144. The van der Waals surface area contributed by atoms with Gasteiger partial charge >= 0.3 is 6.03 Å². The third kappa shape index (κ3) is 3.40. The summed E-state index contributed by atoms with van der Waals surface area (Å²) in [5.74, 6) is 0. The predicted molar refractivity (Wildman–Crippen MR) is 55.4 cm³/mol. The maximum atomic E-state index is 11.2. The van der Waals surface area contributed by atoms with E-state index < -0.39 is 0 Å². The SMILES string of the molecule is CNC(=O)N1CCC[C@H](NC)C1.Cl. The first kappa shape index (κ1) is 12.5. The number of rotatable bonds is 1. The van der Waals surface area contributed by atoms with Gasteiger partial charge in [-0.05, 0) is 19.9 Å². The Bertz CT molecular complexity index is 165. The second-order valence-corrected chi connectivity index (χ2v) is 3.13. The highest BCUT2D eigenvalue weighted by molar-refractivity contribution is 5.85. The molecule has 78 valence electrons. The third-order valence-corrected chi connectivity index (χ3v) is 2.33. The lowest BCUT2D eigenvalue weighted by Crippen LogP contribution is -2.49. The number of likely N-dealkylation sites (tertiary alicyclic amines) is 1. The van der Waals surface area contributed by atoms with Crippen molar-refractivity contribution in [3.63, 3.8) is 0 Å². The molecule has 13 heavy (non-hydrogen) atoms. The van der Waals surface area contributed by atoms with Crippen molar-refractivity contribution in [2.24, 2.45) is 0 Å². The smallest absolute Gasteiger partial charge is 0.317 e. The quantitative estimate of drug-likeness (QED) is 0.655. The van der Waals surface area contributed by atoms with Crippen molar-refractivity contribution < 1.29 is 4.79 Å². The second-order valence-electron chi connectivity index (χ2n) is 3.13. The molecule has 0 aromatic carbocycles. The van der Waals surface area contributed by atoms with Gasteiger partial charge in [-0.25, -0.2) is 4.79 Å². The summed E-state index contributed by atoms with van der Waals surface area (Å²) in [6.07, 6.45) is 2.27. The number of hydrogen-bond donors (Lipinski definition) is 2. The maximum absolute atomic E-state index is 11.2. The van der Waals surface area contributed by atoms with Crippen LogP contribution in [-0.2, 0) is 0 Å². The average molecular weight is 208 g/mol. The Morgan fingerprint density at radius 2 is 2.15 bits per heavy atom. The summed E-state index contributed by atoms with van der Waals surface area (Å²) in [5.41, 5.74) is 0. The normalized spacial score (nSPS) is 22.0. The molecule has 0 radical (unpaired) electrons. The molecule has 0 bridgehead atoms. The molecule has 1 atom stereocenters. The van der Waals surface area contributed by atoms with Gasteiger partial charge in [-0.2, -0.15) is 0 Å². The zero-order valence-corrected chi connectivity index (χ0v) is 8.99. The zero-order chi connectivity index (χ0) is 8.97. The van der Waals surface area contributed by atoms with Gasteiger partial charge in [0.25, 0.3) is 0 Å². The number of carbonyl (C=O) groups is 1. The van der Waals surface area contributed by atoms with Crippen molar-refractivity contribution in [2.75, 3.05) is 27.2 Å². The third-order valence-electron chi connectivity index (χ3n) is 2.33. The van der Waals surface area contributed by atoms with Gasteiger partial charge in [0.1, 0.15) is 0 Å². The molecule has 1 fully saturated rings. The minimum absolute atomic E-state index is 0. The summed E-state index contributed by atoms with van der Waals surface area (Å²) in [6.45, 7) is 1.72. The molecule has 0 aromatic heterocycles. The molecule has 4 nitrogen and oxygen atoms in total. The number of carbonyl (C=O) groups excluding carboxylic acids is 1. The van der Waals surface area contributed by atoms with Crippen LogP contribution in [0, 0.1) is 0 Å². The van der Waals surface area contributed by atoms with Crippen LogP contribution in [0.5, 0.6) is 0 Å². The van der Waals surface area contributed by atoms with E-state index in [-0.39, 0.29) is 18.4 Å². The molecule has 2 N–H and O–H groups in total. The van der Waals surface area contributed by atoms with Crippen LogP contribution < -0.4 is 10.6 Å². The Morgan fingerprint density at radius 3 is 2.69 bits per heavy atom. The van der Waals surface area contributed by atoms with E-state index in [1.165, 1.54) is 6.42 Å². The van der Waals surface area contributed by atoms with E-state index >= 15 is 0 Å². The first-order valence-electron chi connectivity index (χ1n) is 4.42. The van der Waals surface area contributed by atoms with E-state index in [0.717, 1.165) is 19.5 Å². The lowest BCUT2D eigenvalue weighted by Gasteiger charge is -2.32. The Hall–Kier alpha value is -0.480. The van der Waals surface area contributed by atoms with E-state index in [9.17, 15) is 4.79 Å². The number of likely N-dealkylation sites (N-methyl/N-ethyl adjacent to an activating group) is 1. The summed E-state index contributed by atoms with van der Waals surface area (Å²) >= 11 is 0. The standard InChI is InChI=1S/C8H17N3O.ClH/c1-9-7-4-3-5-11(6-7)8(12)10-2;/h7,9H,3-6H2,1-2H3,(H,10,12);1H/t7-;/m0./s1. The van der Waals surface area contributed by atoms with Crippen molar-refractivity contribution in [3.8, 4) is 0 Å². The van der Waals surface area contributed by atoms with Crippen LogP contribution in [0.15, 0.2) is 0 Å². The highest BCUT2D eigenvalue weighted by atomic mass is 35.5. The van der Waals surface area contributed by atoms with Crippen molar-refractivity contribution in [3.05, 3.63) is 0 Å². The van der Waals surface area contributed by atoms with Gasteiger partial charge in [-0.1, -0.05) is 0 Å². The first-order valence-corrected chi connectivity index (χ1v) is 4.42. The minimum Gasteiger partial charge on any atom is -0.341 e. The molecular formula is C8H18ClN3O. The summed E-state index contributed by atoms with van der Waals surface area (Å²) in [5, 5.41) is 5.83. The Labute approximate surface area is 85.5 Å². The predicted octanol–water partition coefficient (Wildman–Crippen LogP) is 0.431. The molecule has 1 rings (SSSR count). The zero-order valence-electron chi connectivity index (χ0n) is 8.17. The molecule has 0 spiro atoms. The average Bonchev–Trinajstić information content (AvgIpc) is 2.17. The lowest BCUT2D eigenvalue weighted by molar-refractivity contribution is 0.177. The molecule has 0 unspecified atom stereocenters. The van der Waals surface area contributed by atoms with E-state index in [2.05, 4.69) is 10.6 Å². The van der Waals surface area contributed by atoms with Crippen LogP contribution in [-0.4, -0.2) is 44.2 Å². The number of piperidine rings is 1. The largest absolute Gasteiger partial charge is 0.341 e. The molecule has 1 aliphatic rings. The van der Waals surface area contributed by atoms with E-state index in [0.29, 0.717) is 6.04 Å². The van der Waals surface area contributed by atoms with Crippen LogP contribution in [0.4, 0.5) is 4.79 Å². The summed E-state index contributed by atoms with van der Waals surface area (Å²) in [7, 11) is 3.61. The van der Waals surface area contributed by atoms with Crippen LogP contribution in [0.3, 0.4) is 0 Å². The van der Waals surface area contributed by atoms with Crippen LogP contribution >= 0.6 is 12.4 Å². The highest BCUT2D eigenvalue weighted by Crippen LogP contribution is 2.09. The topological polar surface area (TPSA) is 44.4 Å². The summed E-state index contributed by atoms with van der Waals surface area (Å²) in [4.78, 5) is 13.1. The molecule has 1 heterocycles. The number of nitrogens with one attached hydrogen (secondary N) is 2. The van der Waals surface area contributed by atoms with Gasteiger partial charge in [0.05, 0.1) is 0 Å². The van der Waals surface area contributed by atoms with E-state index in [1.54, 1.807) is 7.05 Å². The summed E-state index contributed by atoms with van der Waals surface area (Å²) in [6, 6.07) is 0.506. The highest BCUT2D eigenvalue weighted by Gasteiger charge is 2.21. The Kier molecular flexibility index (Phi) is 5.82. The van der Waals surface area contributed by atoms with Gasteiger partial charge in [0, 0.05) is 26.2 Å². The molecule has 0 aliphatic carbocycles. The van der Waals surface area contributed by atoms with Gasteiger partial charge in [-0.3, -0.25) is 0 Å². The van der Waals surface area contributed by atoms with Crippen LogP contribution in [0.25, 0.3) is 0 Å². The van der Waals surface area contributed by atoms with Crippen molar-refractivity contribution in [2.45, 2.75) is 18.9 Å². The van der Waals surface area contributed by atoms with Gasteiger partial charge in [-0.15, -0.1) is 12.4 Å². The van der Waals surface area contributed by atoms with Crippen molar-refractivity contribution in [1.29, 1.82) is 0 Å². The van der Waals surface area contributed by atoms with Crippen LogP contribution in [0.1, 0.15) is 12.8 Å². The van der Waals surface area contributed by atoms with E-state index in [4.69, 9.17) is 0 Å². The van der Waals surface area contributed by atoms with Crippen molar-refractivity contribution in [1.82, 2.24) is 15.5 Å². The Morgan fingerprint density at radius 1 is 1.46 bits per heavy atom. The van der Waals surface area contributed by atoms with Crippen molar-refractivity contribution >= 4 is 18.4 Å². The molecule has 2 amide bonds. The van der Waals surface area contributed by atoms with Crippen LogP contribution in [0.2, 0.25) is 0 Å². The number of halogens is 1. The fourth-order valence-corrected chi connectivity index (χ4v) is 1.56. The maximum Gasteiger partial charge on any atom is 0.317 e. The molecular weight excluding hydrogens is 190 g/mol. The first-order chi connectivity index (χ1) is 5.77. The van der Waals surface area contributed by atoms with Gasteiger partial charge in [0.2, 0.25) is 0 Å². The number of urea groups is 1. The van der Waals surface area contributed by atoms with Gasteiger partial charge < -0.3 is 15.5 Å². The monoisotopic (exact) mass is 207 g/mol.